The van der Waals surface area contributed by atoms with Crippen LogP contribution >= 0.6 is 24.3 Å². The molecule has 0 spiro atoms. The van der Waals surface area contributed by atoms with Crippen LogP contribution in [0, 0.1) is 0 Å². The van der Waals surface area contributed by atoms with E-state index in [1.165, 1.54) is 0 Å². The van der Waals surface area contributed by atoms with Crippen LogP contribution in [0.4, 0.5) is 11.4 Å². The number of azo groups is 1. The molecule has 0 aliphatic rings. The Kier molecular flexibility index (Phi) is 6.21. The quantitative estimate of drug-likeness (QED) is 0.152. The third-order valence-electron chi connectivity index (χ3n) is 3.47. The maximum absolute atomic E-state index is 10.1. The Morgan fingerprint density at radius 2 is 2.00 bits per heavy atom. The summed E-state index contributed by atoms with van der Waals surface area (Å²) in [4.78, 5) is 3.41. The Morgan fingerprint density at radius 1 is 1.22 bits per heavy atom. The Balaban J connectivity index is 1.77. The number of aromatic nitrogens is 1. The molecule has 0 aliphatic carbocycles. The SMILES string of the molecule is COc1ccc(NC(=S)N=Nc2c(O)[nH]c3ccc(SOOO)cc23)cc1. The number of aromatic amines is 1. The molecule has 0 atom stereocenters. The lowest BCUT2D eigenvalue weighted by Gasteiger charge is -2.04. The second kappa shape index (κ2) is 8.79. The first-order valence-corrected chi connectivity index (χ1v) is 8.62. The van der Waals surface area contributed by atoms with E-state index in [0.717, 1.165) is 23.5 Å². The summed E-state index contributed by atoms with van der Waals surface area (Å²) in [5.41, 5.74) is 1.59. The predicted molar refractivity (Wildman–Crippen MR) is 104 cm³/mol. The van der Waals surface area contributed by atoms with Gasteiger partial charge in [-0.25, -0.2) is 5.26 Å². The van der Waals surface area contributed by atoms with E-state index >= 15 is 0 Å². The molecule has 0 unspecified atom stereocenters. The Hall–Kier alpha value is -2.70. The fourth-order valence-corrected chi connectivity index (χ4v) is 2.83. The zero-order chi connectivity index (χ0) is 19.2. The van der Waals surface area contributed by atoms with Crippen molar-refractivity contribution in [3.8, 4) is 11.6 Å². The highest BCUT2D eigenvalue weighted by molar-refractivity contribution is 7.94. The van der Waals surface area contributed by atoms with Crippen molar-refractivity contribution in [1.82, 2.24) is 4.98 Å². The number of methoxy groups -OCH3 is 1. The molecule has 9 nitrogen and oxygen atoms in total. The van der Waals surface area contributed by atoms with Gasteiger partial charge in [-0.15, -0.1) is 14.6 Å². The number of H-pyrrole nitrogens is 1. The van der Waals surface area contributed by atoms with E-state index in [9.17, 15) is 5.11 Å². The number of anilines is 1. The first-order valence-electron chi connectivity index (χ1n) is 7.47. The first-order chi connectivity index (χ1) is 13.1. The predicted octanol–water partition coefficient (Wildman–Crippen LogP) is 4.79. The molecule has 2 aromatic carbocycles. The molecule has 4 N–H and O–H groups in total. The molecule has 0 saturated heterocycles. The molecule has 3 rings (SSSR count). The monoisotopic (exact) mass is 406 g/mol. The maximum atomic E-state index is 10.1. The summed E-state index contributed by atoms with van der Waals surface area (Å²) in [5, 5.41) is 33.5. The molecule has 0 saturated carbocycles. The van der Waals surface area contributed by atoms with Crippen LogP contribution in [0.2, 0.25) is 0 Å². The molecule has 0 fully saturated rings. The average molecular weight is 406 g/mol. The minimum absolute atomic E-state index is 0.122. The fraction of sp³-hybridized carbons (Fsp3) is 0.0625. The highest BCUT2D eigenvalue weighted by Crippen LogP contribution is 2.37. The Bertz CT molecular complexity index is 975. The lowest BCUT2D eigenvalue weighted by atomic mass is 10.2. The summed E-state index contributed by atoms with van der Waals surface area (Å²) in [7, 11) is 1.59. The summed E-state index contributed by atoms with van der Waals surface area (Å²) in [6.07, 6.45) is 0. The van der Waals surface area contributed by atoms with Gasteiger partial charge < -0.3 is 20.1 Å². The topological polar surface area (TPSA) is 121 Å². The molecule has 1 aromatic heterocycles. The number of benzene rings is 2. The summed E-state index contributed by atoms with van der Waals surface area (Å²) in [5.74, 6) is 0.573. The highest BCUT2D eigenvalue weighted by Gasteiger charge is 2.12. The number of nitrogens with zero attached hydrogens (tertiary/aromatic N) is 2. The van der Waals surface area contributed by atoms with E-state index in [2.05, 4.69) is 29.9 Å². The first kappa shape index (κ1) is 19.1. The van der Waals surface area contributed by atoms with Crippen molar-refractivity contribution >= 4 is 51.7 Å². The average Bonchev–Trinajstić information content (AvgIpc) is 2.99. The number of hydrogen-bond acceptors (Lipinski definition) is 8. The molecule has 1 heterocycles. The second-order valence-corrected chi connectivity index (χ2v) is 6.28. The normalized spacial score (nSPS) is 11.2. The van der Waals surface area contributed by atoms with Gasteiger partial charge in [-0.05, 0) is 54.7 Å². The van der Waals surface area contributed by atoms with Crippen molar-refractivity contribution < 1.29 is 24.5 Å². The Morgan fingerprint density at radius 3 is 2.70 bits per heavy atom. The van der Waals surface area contributed by atoms with Gasteiger partial charge in [-0.1, -0.05) is 5.04 Å². The van der Waals surface area contributed by atoms with Gasteiger partial charge >= 0.3 is 0 Å². The largest absolute Gasteiger partial charge is 0.497 e. The van der Waals surface area contributed by atoms with Crippen LogP contribution in [0.1, 0.15) is 0 Å². The second-order valence-electron chi connectivity index (χ2n) is 5.11. The molecular weight excluding hydrogens is 392 g/mol. The van der Waals surface area contributed by atoms with Gasteiger partial charge in [0.05, 0.1) is 24.7 Å². The fourth-order valence-electron chi connectivity index (χ4n) is 2.27. The van der Waals surface area contributed by atoms with Gasteiger partial charge in [0.25, 0.3) is 0 Å². The zero-order valence-electron chi connectivity index (χ0n) is 13.9. The van der Waals surface area contributed by atoms with Crippen LogP contribution in [-0.4, -0.2) is 27.6 Å². The minimum Gasteiger partial charge on any atom is -0.497 e. The van der Waals surface area contributed by atoms with Gasteiger partial charge in [-0.3, -0.25) is 0 Å². The van der Waals surface area contributed by atoms with E-state index in [1.54, 1.807) is 49.6 Å². The van der Waals surface area contributed by atoms with Crippen molar-refractivity contribution in [2.75, 3.05) is 12.4 Å². The van der Waals surface area contributed by atoms with Crippen LogP contribution in [0.3, 0.4) is 0 Å². The van der Waals surface area contributed by atoms with Crippen molar-refractivity contribution in [2.24, 2.45) is 10.2 Å². The molecule has 0 radical (unpaired) electrons. The van der Waals surface area contributed by atoms with E-state index in [4.69, 9.17) is 22.2 Å². The number of thiocarbonyl (C=S) groups is 1. The van der Waals surface area contributed by atoms with Crippen molar-refractivity contribution in [3.05, 3.63) is 42.5 Å². The number of nitrogens with one attached hydrogen (secondary N) is 2. The van der Waals surface area contributed by atoms with Crippen LogP contribution in [0.15, 0.2) is 57.6 Å². The van der Waals surface area contributed by atoms with Crippen LogP contribution in [0.25, 0.3) is 10.9 Å². The summed E-state index contributed by atoms with van der Waals surface area (Å²) >= 11 is 5.95. The molecule has 27 heavy (non-hydrogen) atoms. The number of ether oxygens (including phenoxy) is 1. The number of hydrogen-bond donors (Lipinski definition) is 4. The molecule has 140 valence electrons. The molecule has 0 bridgehead atoms. The van der Waals surface area contributed by atoms with E-state index in [1.807, 2.05) is 0 Å². The summed E-state index contributed by atoms with van der Waals surface area (Å²) in [6.45, 7) is 0. The molecular formula is C16H14N4O5S2. The van der Waals surface area contributed by atoms with Crippen LogP contribution in [-0.2, 0) is 9.37 Å². The van der Waals surface area contributed by atoms with Crippen LogP contribution in [0.5, 0.6) is 11.6 Å². The number of fused-ring (bicyclic) bond motifs is 1. The van der Waals surface area contributed by atoms with Gasteiger partial charge in [-0.2, -0.15) is 0 Å². The third kappa shape index (κ3) is 4.72. The molecule has 3 aromatic rings. The highest BCUT2D eigenvalue weighted by atomic mass is 32.2. The summed E-state index contributed by atoms with van der Waals surface area (Å²) < 4.78 is 9.49. The molecule has 0 amide bonds. The van der Waals surface area contributed by atoms with E-state index < -0.39 is 0 Å². The van der Waals surface area contributed by atoms with Crippen molar-refractivity contribution in [3.63, 3.8) is 0 Å². The lowest BCUT2D eigenvalue weighted by molar-refractivity contribution is -0.432. The summed E-state index contributed by atoms with van der Waals surface area (Å²) in [6, 6.07) is 12.2. The van der Waals surface area contributed by atoms with Gasteiger partial charge in [0.15, 0.2) is 5.69 Å². The lowest BCUT2D eigenvalue weighted by Crippen LogP contribution is -2.04. The van der Waals surface area contributed by atoms with E-state index in [0.29, 0.717) is 15.8 Å². The van der Waals surface area contributed by atoms with Gasteiger partial charge in [0, 0.05) is 16.0 Å². The molecule has 0 aliphatic heterocycles. The minimum atomic E-state index is -0.150. The van der Waals surface area contributed by atoms with Crippen molar-refractivity contribution in [1.29, 1.82) is 0 Å². The smallest absolute Gasteiger partial charge is 0.218 e. The molecule has 11 heteroatoms. The van der Waals surface area contributed by atoms with Crippen LogP contribution < -0.4 is 10.1 Å². The van der Waals surface area contributed by atoms with Gasteiger partial charge in [0.2, 0.25) is 11.0 Å². The standard InChI is InChI=1S/C16H14N4O5S2/c1-23-10-4-2-9(3-5-10)17-16(26)20-19-14-12-8-11(27-25-24-22)6-7-13(12)18-15(14)21/h2-8,18,21-22H,1H3,(H,17,26). The Labute approximate surface area is 163 Å². The van der Waals surface area contributed by atoms with Crippen molar-refractivity contribution in [2.45, 2.75) is 4.90 Å². The number of aromatic hydroxyl groups is 1. The van der Waals surface area contributed by atoms with E-state index in [-0.39, 0.29) is 16.7 Å². The third-order valence-corrected chi connectivity index (χ3v) is 4.23. The van der Waals surface area contributed by atoms with Gasteiger partial charge in [0.1, 0.15) is 5.75 Å². The number of rotatable bonds is 6. The zero-order valence-corrected chi connectivity index (χ0v) is 15.5. The maximum Gasteiger partial charge on any atom is 0.218 e.